The first-order chi connectivity index (χ1) is 7.18. The van der Waals surface area contributed by atoms with E-state index in [0.29, 0.717) is 5.56 Å². The summed E-state index contributed by atoms with van der Waals surface area (Å²) in [7, 11) is 0. The van der Waals surface area contributed by atoms with Crippen LogP contribution in [0.15, 0.2) is 24.4 Å². The van der Waals surface area contributed by atoms with Gasteiger partial charge in [0.15, 0.2) is 0 Å². The van der Waals surface area contributed by atoms with Gasteiger partial charge in [-0.1, -0.05) is 23.7 Å². The molecule has 1 unspecified atom stereocenters. The van der Waals surface area contributed by atoms with Crippen LogP contribution in [-0.4, -0.2) is 6.61 Å². The normalized spacial score (nSPS) is 18.5. The molecule has 15 heavy (non-hydrogen) atoms. The van der Waals surface area contributed by atoms with Gasteiger partial charge in [-0.05, 0) is 18.3 Å². The van der Waals surface area contributed by atoms with E-state index in [9.17, 15) is 8.78 Å². The minimum absolute atomic E-state index is 0.144. The van der Waals surface area contributed by atoms with Crippen molar-refractivity contribution in [2.75, 3.05) is 0 Å². The molecule has 0 saturated heterocycles. The van der Waals surface area contributed by atoms with Crippen LogP contribution in [0.3, 0.4) is 0 Å². The van der Waals surface area contributed by atoms with Gasteiger partial charge in [0.25, 0.3) is 0 Å². The Morgan fingerprint density at radius 3 is 2.93 bits per heavy atom. The maximum atomic E-state index is 12.1. The lowest BCUT2D eigenvalue weighted by Crippen LogP contribution is -2.15. The average Bonchev–Trinajstić information content (AvgIpc) is 2.19. The summed E-state index contributed by atoms with van der Waals surface area (Å²) in [6.45, 7) is -2.83. The zero-order valence-corrected chi connectivity index (χ0v) is 8.34. The highest BCUT2D eigenvalue weighted by Gasteiger charge is 2.18. The quantitative estimate of drug-likeness (QED) is 0.624. The second-order valence-electron chi connectivity index (χ2n) is 3.00. The third-order valence-corrected chi connectivity index (χ3v) is 2.44. The molecule has 0 radical (unpaired) electrons. The van der Waals surface area contributed by atoms with Crippen LogP contribution < -0.4 is 10.1 Å². The fraction of sp³-hybridized carbons (Fsp3) is 0.200. The maximum Gasteiger partial charge on any atom is 0.387 e. The van der Waals surface area contributed by atoms with Crippen LogP contribution in [0.2, 0.25) is 0 Å². The molecule has 1 aliphatic rings. The van der Waals surface area contributed by atoms with E-state index in [1.54, 1.807) is 24.4 Å². The largest absolute Gasteiger partial charge is 0.434 e. The fourth-order valence-electron chi connectivity index (χ4n) is 1.46. The van der Waals surface area contributed by atoms with Gasteiger partial charge in [-0.25, -0.2) is 0 Å². The number of halogens is 3. The van der Waals surface area contributed by atoms with E-state index < -0.39 is 12.1 Å². The van der Waals surface area contributed by atoms with Gasteiger partial charge in [0.1, 0.15) is 11.3 Å². The van der Waals surface area contributed by atoms with Gasteiger partial charge >= 0.3 is 6.61 Å². The molecule has 0 fully saturated rings. The van der Waals surface area contributed by atoms with Crippen LogP contribution in [0.5, 0.6) is 5.75 Å². The number of fused-ring (bicyclic) bond motifs is 1. The topological polar surface area (TPSA) is 21.3 Å². The van der Waals surface area contributed by atoms with Crippen molar-refractivity contribution in [1.29, 1.82) is 0 Å². The molecule has 1 aromatic rings. The van der Waals surface area contributed by atoms with Crippen LogP contribution in [-0.2, 0) is 0 Å². The predicted molar refractivity (Wildman–Crippen MR) is 53.8 cm³/mol. The van der Waals surface area contributed by atoms with Gasteiger partial charge in [0.2, 0.25) is 0 Å². The van der Waals surface area contributed by atoms with Crippen molar-refractivity contribution in [2.24, 2.45) is 0 Å². The lowest BCUT2D eigenvalue weighted by Gasteiger charge is -2.20. The maximum absolute atomic E-state index is 12.1. The molecule has 0 saturated carbocycles. The molecule has 0 amide bonds. The minimum Gasteiger partial charge on any atom is -0.434 e. The molecule has 5 heteroatoms. The molecule has 0 aromatic heterocycles. The molecule has 0 aliphatic carbocycles. The van der Waals surface area contributed by atoms with E-state index in [-0.39, 0.29) is 5.75 Å². The second kappa shape index (κ2) is 4.06. The number of ether oxygens (including phenoxy) is 1. The summed E-state index contributed by atoms with van der Waals surface area (Å²) in [5.41, 5.74) is 0.917. The number of hydrogen-bond donors (Lipinski definition) is 1. The lowest BCUT2D eigenvalue weighted by molar-refractivity contribution is -0.0500. The molecule has 0 spiro atoms. The van der Waals surface area contributed by atoms with E-state index in [1.807, 2.05) is 0 Å². The predicted octanol–water partition coefficient (Wildman–Crippen LogP) is 3.10. The summed E-state index contributed by atoms with van der Waals surface area (Å²) >= 11 is 5.95. The first-order valence-corrected chi connectivity index (χ1v) is 4.76. The summed E-state index contributed by atoms with van der Waals surface area (Å²) < 4.78 is 28.6. The van der Waals surface area contributed by atoms with Gasteiger partial charge in [-0.15, -0.1) is 0 Å². The Bertz CT molecular complexity index is 395. The summed E-state index contributed by atoms with van der Waals surface area (Å²) in [6, 6.07) is 4.89. The third-order valence-electron chi connectivity index (χ3n) is 2.08. The highest BCUT2D eigenvalue weighted by molar-refractivity contribution is 6.21. The number of rotatable bonds is 2. The Labute approximate surface area is 90.5 Å². The van der Waals surface area contributed by atoms with E-state index in [0.717, 1.165) is 5.56 Å². The number of benzene rings is 1. The van der Waals surface area contributed by atoms with E-state index in [4.69, 9.17) is 11.6 Å². The minimum atomic E-state index is -2.83. The van der Waals surface area contributed by atoms with Crippen molar-refractivity contribution in [2.45, 2.75) is 12.1 Å². The van der Waals surface area contributed by atoms with E-state index in [1.165, 1.54) is 6.07 Å². The molecular weight excluding hydrogens is 224 g/mol. The number of nitrogens with one attached hydrogen (secondary N) is 1. The summed E-state index contributed by atoms with van der Waals surface area (Å²) in [5, 5.41) is 2.86. The Balaban J connectivity index is 2.41. The highest BCUT2D eigenvalue weighted by atomic mass is 35.5. The van der Waals surface area contributed by atoms with Crippen molar-refractivity contribution in [3.63, 3.8) is 0 Å². The molecule has 80 valence electrons. The zero-order chi connectivity index (χ0) is 10.8. The Morgan fingerprint density at radius 1 is 1.40 bits per heavy atom. The molecule has 1 N–H and O–H groups in total. The first kappa shape index (κ1) is 10.2. The van der Waals surface area contributed by atoms with Gasteiger partial charge < -0.3 is 10.1 Å². The summed E-state index contributed by atoms with van der Waals surface area (Å²) in [6.07, 6.45) is 3.27. The van der Waals surface area contributed by atoms with Crippen molar-refractivity contribution in [1.82, 2.24) is 5.32 Å². The van der Waals surface area contributed by atoms with Crippen molar-refractivity contribution < 1.29 is 13.5 Å². The van der Waals surface area contributed by atoms with Crippen molar-refractivity contribution in [3.05, 3.63) is 35.5 Å². The van der Waals surface area contributed by atoms with Crippen molar-refractivity contribution >= 4 is 17.7 Å². The smallest absolute Gasteiger partial charge is 0.387 e. The molecule has 1 aromatic carbocycles. The van der Waals surface area contributed by atoms with Gasteiger partial charge in [-0.2, -0.15) is 8.78 Å². The highest BCUT2D eigenvalue weighted by Crippen LogP contribution is 2.33. The number of alkyl halides is 3. The Morgan fingerprint density at radius 2 is 2.20 bits per heavy atom. The van der Waals surface area contributed by atoms with Crippen LogP contribution >= 0.6 is 11.6 Å². The standard InChI is InChI=1S/C10H8ClF2NO/c11-9-7-2-1-3-8(15-10(12)13)6(7)4-5-14-9/h1-5,9-10,14H. The molecular formula is C10H8ClF2NO. The lowest BCUT2D eigenvalue weighted by atomic mass is 10.0. The molecule has 0 bridgehead atoms. The summed E-state index contributed by atoms with van der Waals surface area (Å²) in [4.78, 5) is 0. The van der Waals surface area contributed by atoms with Crippen LogP contribution in [0.4, 0.5) is 8.78 Å². The van der Waals surface area contributed by atoms with Gasteiger partial charge in [-0.3, -0.25) is 0 Å². The van der Waals surface area contributed by atoms with Crippen LogP contribution in [0.25, 0.3) is 6.08 Å². The molecule has 2 rings (SSSR count). The molecule has 1 atom stereocenters. The van der Waals surface area contributed by atoms with Crippen LogP contribution in [0, 0.1) is 0 Å². The molecule has 2 nitrogen and oxygen atoms in total. The summed E-state index contributed by atoms with van der Waals surface area (Å²) in [5.74, 6) is 0.144. The average molecular weight is 232 g/mol. The van der Waals surface area contributed by atoms with E-state index >= 15 is 0 Å². The van der Waals surface area contributed by atoms with Crippen molar-refractivity contribution in [3.8, 4) is 5.75 Å². The fourth-order valence-corrected chi connectivity index (χ4v) is 1.73. The molecule has 1 heterocycles. The second-order valence-corrected chi connectivity index (χ2v) is 3.44. The first-order valence-electron chi connectivity index (χ1n) is 4.33. The van der Waals surface area contributed by atoms with Gasteiger partial charge in [0.05, 0.1) is 0 Å². The zero-order valence-electron chi connectivity index (χ0n) is 7.58. The Hall–Kier alpha value is -1.29. The molecule has 1 aliphatic heterocycles. The van der Waals surface area contributed by atoms with E-state index in [2.05, 4.69) is 10.1 Å². The third kappa shape index (κ3) is 2.04. The monoisotopic (exact) mass is 231 g/mol. The van der Waals surface area contributed by atoms with Crippen LogP contribution in [0.1, 0.15) is 16.6 Å². The Kier molecular flexibility index (Phi) is 2.77. The van der Waals surface area contributed by atoms with Gasteiger partial charge in [0, 0.05) is 11.1 Å². The number of hydrogen-bond acceptors (Lipinski definition) is 2. The SMILES string of the molecule is FC(F)Oc1cccc2c1C=CNC2Cl.